The number of hydrogen-bond acceptors (Lipinski definition) is 5. The number of piperazine rings is 1. The van der Waals surface area contributed by atoms with Crippen LogP contribution in [-0.4, -0.2) is 53.8 Å². The summed E-state index contributed by atoms with van der Waals surface area (Å²) in [7, 11) is -3.53. The fourth-order valence-electron chi connectivity index (χ4n) is 3.93. The largest absolute Gasteiger partial charge is 0.309 e. The van der Waals surface area contributed by atoms with Crippen LogP contribution < -0.4 is 5.56 Å². The first-order valence-corrected chi connectivity index (χ1v) is 11.5. The summed E-state index contributed by atoms with van der Waals surface area (Å²) in [5, 5.41) is 0.567. The minimum Gasteiger partial charge on any atom is -0.309 e. The maximum absolute atomic E-state index is 13.1. The molecule has 1 aromatic heterocycles. The normalized spacial score (nSPS) is 17.3. The number of rotatable bonds is 4. The van der Waals surface area contributed by atoms with Gasteiger partial charge in [-0.2, -0.15) is 4.31 Å². The summed E-state index contributed by atoms with van der Waals surface area (Å²) in [4.78, 5) is 22.4. The van der Waals surface area contributed by atoms with E-state index in [1.807, 2.05) is 51.1 Å². The predicted molar refractivity (Wildman–Crippen MR) is 117 cm³/mol. The molecule has 2 heterocycles. The van der Waals surface area contributed by atoms with Gasteiger partial charge in [-0.05, 0) is 50.1 Å². The molecule has 7 nitrogen and oxygen atoms in total. The molecule has 0 aliphatic carbocycles. The highest BCUT2D eigenvalue weighted by atomic mass is 32.2. The third-order valence-electron chi connectivity index (χ3n) is 5.81. The second-order valence-corrected chi connectivity index (χ2v) is 9.76. The Morgan fingerprint density at radius 3 is 2.47 bits per heavy atom. The zero-order valence-electron chi connectivity index (χ0n) is 17.4. The first kappa shape index (κ1) is 20.7. The summed E-state index contributed by atoms with van der Waals surface area (Å²) in [6.45, 7) is 7.66. The van der Waals surface area contributed by atoms with Gasteiger partial charge in [-0.1, -0.05) is 24.3 Å². The molecule has 1 aliphatic heterocycles. The molecule has 0 radical (unpaired) electrons. The van der Waals surface area contributed by atoms with Crippen LogP contribution >= 0.6 is 0 Å². The van der Waals surface area contributed by atoms with Crippen molar-refractivity contribution in [1.82, 2.24) is 19.2 Å². The average Bonchev–Trinajstić information content (AvgIpc) is 2.75. The summed E-state index contributed by atoms with van der Waals surface area (Å²) in [6.07, 6.45) is 0. The molecule has 1 saturated heterocycles. The highest BCUT2D eigenvalue weighted by molar-refractivity contribution is 7.89. The van der Waals surface area contributed by atoms with Crippen LogP contribution in [0.15, 0.2) is 52.2 Å². The van der Waals surface area contributed by atoms with Crippen LogP contribution in [0.1, 0.15) is 29.9 Å². The van der Waals surface area contributed by atoms with Crippen LogP contribution in [0.4, 0.5) is 0 Å². The molecule has 2 aromatic carbocycles. The second-order valence-electron chi connectivity index (χ2n) is 7.85. The predicted octanol–water partition coefficient (Wildman–Crippen LogP) is 2.61. The number of fused-ring (bicyclic) bond motifs is 1. The molecule has 0 spiro atoms. The molecule has 1 atom stereocenters. The SMILES string of the molecule is Cc1ccc(C)c(S(=O)(=O)N2CCN(C(C)c3nc4ccccc4c(=O)[nH]3)CC2)c1. The summed E-state index contributed by atoms with van der Waals surface area (Å²) in [5.41, 5.74) is 2.20. The van der Waals surface area contributed by atoms with E-state index in [0.29, 0.717) is 47.8 Å². The fraction of sp³-hybridized carbons (Fsp3) is 0.364. The van der Waals surface area contributed by atoms with Gasteiger partial charge in [0.2, 0.25) is 10.0 Å². The zero-order valence-corrected chi connectivity index (χ0v) is 18.2. The standard InChI is InChI=1S/C22H26N4O3S/c1-15-8-9-16(2)20(14-15)30(28,29)26-12-10-25(11-13-26)17(3)21-23-19-7-5-4-6-18(19)22(27)24-21/h4-9,14,17H,10-13H2,1-3H3,(H,23,24,27). The third-order valence-corrected chi connectivity index (χ3v) is 7.85. The lowest BCUT2D eigenvalue weighted by molar-refractivity contribution is 0.141. The Morgan fingerprint density at radius 1 is 1.03 bits per heavy atom. The summed E-state index contributed by atoms with van der Waals surface area (Å²) < 4.78 is 27.8. The Balaban J connectivity index is 1.52. The lowest BCUT2D eigenvalue weighted by Crippen LogP contribution is -2.49. The van der Waals surface area contributed by atoms with Crippen molar-refractivity contribution < 1.29 is 8.42 Å². The van der Waals surface area contributed by atoms with E-state index in [-0.39, 0.29) is 11.6 Å². The number of para-hydroxylation sites is 1. The Bertz CT molecular complexity index is 1240. The van der Waals surface area contributed by atoms with Gasteiger partial charge in [-0.25, -0.2) is 13.4 Å². The summed E-state index contributed by atoms with van der Waals surface area (Å²) in [6, 6.07) is 12.7. The van der Waals surface area contributed by atoms with Crippen molar-refractivity contribution in [1.29, 1.82) is 0 Å². The number of aromatic amines is 1. The average molecular weight is 427 g/mol. The summed E-state index contributed by atoms with van der Waals surface area (Å²) in [5.74, 6) is 0.601. The van der Waals surface area contributed by atoms with Crippen LogP contribution in [0.5, 0.6) is 0 Å². The van der Waals surface area contributed by atoms with Crippen molar-refractivity contribution in [2.45, 2.75) is 31.7 Å². The van der Waals surface area contributed by atoms with E-state index in [1.54, 1.807) is 16.4 Å². The Morgan fingerprint density at radius 2 is 1.73 bits per heavy atom. The smallest absolute Gasteiger partial charge is 0.258 e. The van der Waals surface area contributed by atoms with Crippen LogP contribution in [0, 0.1) is 13.8 Å². The van der Waals surface area contributed by atoms with Gasteiger partial charge in [0.1, 0.15) is 5.82 Å². The molecular formula is C22H26N4O3S. The van der Waals surface area contributed by atoms with Crippen LogP contribution in [0.25, 0.3) is 10.9 Å². The second kappa shape index (κ2) is 7.94. The van der Waals surface area contributed by atoms with Crippen molar-refractivity contribution in [3.63, 3.8) is 0 Å². The first-order chi connectivity index (χ1) is 14.3. The van der Waals surface area contributed by atoms with Gasteiger partial charge < -0.3 is 4.98 Å². The molecule has 1 aliphatic rings. The molecule has 0 amide bonds. The van der Waals surface area contributed by atoms with E-state index in [2.05, 4.69) is 14.9 Å². The molecular weight excluding hydrogens is 400 g/mol. The van der Waals surface area contributed by atoms with Gasteiger partial charge in [-0.15, -0.1) is 0 Å². The van der Waals surface area contributed by atoms with Crippen molar-refractivity contribution in [3.8, 4) is 0 Å². The Hall–Kier alpha value is -2.55. The fourth-order valence-corrected chi connectivity index (χ4v) is 5.66. The quantitative estimate of drug-likeness (QED) is 0.693. The minimum absolute atomic E-state index is 0.118. The van der Waals surface area contributed by atoms with E-state index >= 15 is 0 Å². The van der Waals surface area contributed by atoms with Crippen molar-refractivity contribution in [3.05, 3.63) is 69.8 Å². The number of hydrogen-bond donors (Lipinski definition) is 1. The van der Waals surface area contributed by atoms with E-state index in [0.717, 1.165) is 11.1 Å². The maximum atomic E-state index is 13.1. The summed E-state index contributed by atoms with van der Waals surface area (Å²) >= 11 is 0. The molecule has 4 rings (SSSR count). The molecule has 30 heavy (non-hydrogen) atoms. The van der Waals surface area contributed by atoms with Gasteiger partial charge >= 0.3 is 0 Å². The minimum atomic E-state index is -3.53. The van der Waals surface area contributed by atoms with Gasteiger partial charge in [0.25, 0.3) is 5.56 Å². The van der Waals surface area contributed by atoms with Crippen LogP contribution in [-0.2, 0) is 10.0 Å². The number of H-pyrrole nitrogens is 1. The number of nitrogens with zero attached hydrogens (tertiary/aromatic N) is 3. The van der Waals surface area contributed by atoms with Crippen molar-refractivity contribution in [2.75, 3.05) is 26.2 Å². The number of aryl methyl sites for hydroxylation is 2. The number of benzene rings is 2. The zero-order chi connectivity index (χ0) is 21.5. The number of nitrogens with one attached hydrogen (secondary N) is 1. The molecule has 1 unspecified atom stereocenters. The van der Waals surface area contributed by atoms with Crippen molar-refractivity contribution in [2.24, 2.45) is 0 Å². The lowest BCUT2D eigenvalue weighted by Gasteiger charge is -2.37. The molecule has 0 saturated carbocycles. The van der Waals surface area contributed by atoms with E-state index in [4.69, 9.17) is 0 Å². The molecule has 8 heteroatoms. The monoisotopic (exact) mass is 426 g/mol. The Kier molecular flexibility index (Phi) is 5.48. The van der Waals surface area contributed by atoms with Gasteiger partial charge in [0.05, 0.1) is 21.8 Å². The Labute approximate surface area is 176 Å². The van der Waals surface area contributed by atoms with Gasteiger partial charge in [-0.3, -0.25) is 9.69 Å². The van der Waals surface area contributed by atoms with Crippen LogP contribution in [0.2, 0.25) is 0 Å². The van der Waals surface area contributed by atoms with Gasteiger partial charge in [0, 0.05) is 26.2 Å². The van der Waals surface area contributed by atoms with E-state index < -0.39 is 10.0 Å². The maximum Gasteiger partial charge on any atom is 0.258 e. The third kappa shape index (κ3) is 3.78. The van der Waals surface area contributed by atoms with Crippen molar-refractivity contribution >= 4 is 20.9 Å². The molecule has 158 valence electrons. The number of sulfonamides is 1. The molecule has 1 N–H and O–H groups in total. The van der Waals surface area contributed by atoms with E-state index in [1.165, 1.54) is 0 Å². The molecule has 1 fully saturated rings. The molecule has 0 bridgehead atoms. The van der Waals surface area contributed by atoms with Gasteiger partial charge in [0.15, 0.2) is 0 Å². The first-order valence-electron chi connectivity index (χ1n) is 10.1. The highest BCUT2D eigenvalue weighted by Crippen LogP contribution is 2.25. The van der Waals surface area contributed by atoms with E-state index in [9.17, 15) is 13.2 Å². The molecule has 3 aromatic rings. The lowest BCUT2D eigenvalue weighted by atomic mass is 10.2. The highest BCUT2D eigenvalue weighted by Gasteiger charge is 2.31. The topological polar surface area (TPSA) is 86.4 Å². The number of aromatic nitrogens is 2. The van der Waals surface area contributed by atoms with Crippen LogP contribution in [0.3, 0.4) is 0 Å².